The first-order valence-corrected chi connectivity index (χ1v) is 7.34. The van der Waals surface area contributed by atoms with E-state index in [2.05, 4.69) is 5.32 Å². The molecule has 0 unspecified atom stereocenters. The number of allylic oxidation sites excluding steroid dienone is 2. The molecular formula is C17H11FN2O3S. The Kier molecular flexibility index (Phi) is 4.35. The molecule has 1 aliphatic heterocycles. The average Bonchev–Trinajstić information content (AvgIpc) is 3.03. The summed E-state index contributed by atoms with van der Waals surface area (Å²) in [5.41, 5.74) is 0.126. The fourth-order valence-electron chi connectivity index (χ4n) is 2.15. The number of thiocarbonyl (C=S) groups is 1. The van der Waals surface area contributed by atoms with Crippen LogP contribution in [-0.4, -0.2) is 16.9 Å². The van der Waals surface area contributed by atoms with Gasteiger partial charge in [-0.2, -0.15) is 0 Å². The van der Waals surface area contributed by atoms with Crippen molar-refractivity contribution in [2.45, 2.75) is 0 Å². The standard InChI is InChI=1S/C17H11FN2O3S/c18-11-4-1-5-12(10-11)20-16(22)14(15(21)19-17(20)24)8-2-6-13-7-3-9-23-13/h1-10H,(H,19,21,24)/b6-2+,14-8+. The highest BCUT2D eigenvalue weighted by Crippen LogP contribution is 2.21. The van der Waals surface area contributed by atoms with E-state index in [0.29, 0.717) is 5.76 Å². The van der Waals surface area contributed by atoms with Gasteiger partial charge in [-0.3, -0.25) is 19.8 Å². The van der Waals surface area contributed by atoms with Crippen molar-refractivity contribution in [1.29, 1.82) is 0 Å². The van der Waals surface area contributed by atoms with Crippen LogP contribution in [0.25, 0.3) is 6.08 Å². The van der Waals surface area contributed by atoms with E-state index in [1.54, 1.807) is 18.2 Å². The molecule has 5 nitrogen and oxygen atoms in total. The average molecular weight is 342 g/mol. The molecule has 0 aliphatic carbocycles. The van der Waals surface area contributed by atoms with Crippen molar-refractivity contribution in [2.24, 2.45) is 0 Å². The third kappa shape index (κ3) is 3.16. The topological polar surface area (TPSA) is 62.6 Å². The molecule has 1 fully saturated rings. The number of halogens is 1. The van der Waals surface area contributed by atoms with Gasteiger partial charge in [0.05, 0.1) is 12.0 Å². The molecule has 0 radical (unpaired) electrons. The highest BCUT2D eigenvalue weighted by molar-refractivity contribution is 7.80. The fourth-order valence-corrected chi connectivity index (χ4v) is 2.43. The van der Waals surface area contributed by atoms with Crippen LogP contribution in [0, 0.1) is 5.82 Å². The summed E-state index contributed by atoms with van der Waals surface area (Å²) in [6, 6.07) is 8.85. The van der Waals surface area contributed by atoms with Gasteiger partial charge in [-0.25, -0.2) is 4.39 Å². The molecule has 0 atom stereocenters. The molecule has 1 aromatic heterocycles. The van der Waals surface area contributed by atoms with Crippen LogP contribution in [0.15, 0.2) is 64.8 Å². The molecule has 0 bridgehead atoms. The van der Waals surface area contributed by atoms with E-state index in [9.17, 15) is 14.0 Å². The minimum atomic E-state index is -0.626. The molecule has 24 heavy (non-hydrogen) atoms. The Morgan fingerprint density at radius 3 is 2.75 bits per heavy atom. The lowest BCUT2D eigenvalue weighted by atomic mass is 10.1. The first-order chi connectivity index (χ1) is 11.6. The Bertz CT molecular complexity index is 872. The third-order valence-corrected chi connectivity index (χ3v) is 3.52. The predicted octanol–water partition coefficient (Wildman–Crippen LogP) is 2.81. The molecule has 3 rings (SSSR count). The second-order valence-electron chi connectivity index (χ2n) is 4.83. The van der Waals surface area contributed by atoms with Crippen LogP contribution in [0.5, 0.6) is 0 Å². The zero-order chi connectivity index (χ0) is 17.1. The number of carbonyl (C=O) groups is 2. The van der Waals surface area contributed by atoms with Crippen molar-refractivity contribution in [3.8, 4) is 0 Å². The van der Waals surface area contributed by atoms with Crippen LogP contribution in [0.2, 0.25) is 0 Å². The van der Waals surface area contributed by atoms with Gasteiger partial charge in [0.2, 0.25) is 0 Å². The fraction of sp³-hybridized carbons (Fsp3) is 0. The van der Waals surface area contributed by atoms with E-state index in [1.165, 1.54) is 36.6 Å². The van der Waals surface area contributed by atoms with Crippen molar-refractivity contribution in [3.63, 3.8) is 0 Å². The van der Waals surface area contributed by atoms with E-state index >= 15 is 0 Å². The van der Waals surface area contributed by atoms with Crippen LogP contribution in [-0.2, 0) is 9.59 Å². The zero-order valence-corrected chi connectivity index (χ0v) is 13.0. The van der Waals surface area contributed by atoms with Crippen molar-refractivity contribution >= 4 is 40.9 Å². The minimum Gasteiger partial charge on any atom is -0.465 e. The largest absolute Gasteiger partial charge is 0.465 e. The van der Waals surface area contributed by atoms with E-state index in [-0.39, 0.29) is 16.4 Å². The SMILES string of the molecule is O=C1NC(=S)N(c2cccc(F)c2)C(=O)/C1=C/C=C/c1ccco1. The lowest BCUT2D eigenvalue weighted by Gasteiger charge is -2.28. The Balaban J connectivity index is 1.91. The summed E-state index contributed by atoms with van der Waals surface area (Å²) >= 11 is 5.03. The molecule has 120 valence electrons. The highest BCUT2D eigenvalue weighted by Gasteiger charge is 2.34. The summed E-state index contributed by atoms with van der Waals surface area (Å²) in [6.45, 7) is 0. The second kappa shape index (κ2) is 6.59. The van der Waals surface area contributed by atoms with Crippen molar-refractivity contribution < 1.29 is 18.4 Å². The number of hydrogen-bond acceptors (Lipinski definition) is 4. The van der Waals surface area contributed by atoms with Crippen LogP contribution >= 0.6 is 12.2 Å². The number of carbonyl (C=O) groups excluding carboxylic acids is 2. The van der Waals surface area contributed by atoms with E-state index in [0.717, 1.165) is 11.0 Å². The molecule has 2 heterocycles. The predicted molar refractivity (Wildman–Crippen MR) is 90.5 cm³/mol. The number of hydrogen-bond donors (Lipinski definition) is 1. The maximum atomic E-state index is 13.4. The van der Waals surface area contributed by atoms with Crippen LogP contribution in [0.3, 0.4) is 0 Å². The zero-order valence-electron chi connectivity index (χ0n) is 12.2. The van der Waals surface area contributed by atoms with Gasteiger partial charge < -0.3 is 4.42 Å². The number of rotatable bonds is 3. The normalized spacial score (nSPS) is 17.0. The summed E-state index contributed by atoms with van der Waals surface area (Å²) in [6.07, 6.45) is 5.99. The van der Waals surface area contributed by atoms with E-state index in [4.69, 9.17) is 16.6 Å². The monoisotopic (exact) mass is 342 g/mol. The quantitative estimate of drug-likeness (QED) is 0.529. The van der Waals surface area contributed by atoms with Gasteiger partial charge in [-0.15, -0.1) is 0 Å². The minimum absolute atomic E-state index is 0.0947. The number of nitrogens with zero attached hydrogens (tertiary/aromatic N) is 1. The van der Waals surface area contributed by atoms with Gasteiger partial charge in [-0.05, 0) is 54.7 Å². The number of benzene rings is 1. The molecule has 1 N–H and O–H groups in total. The van der Waals surface area contributed by atoms with Crippen LogP contribution in [0.1, 0.15) is 5.76 Å². The molecule has 2 aromatic rings. The number of anilines is 1. The molecule has 1 aliphatic rings. The van der Waals surface area contributed by atoms with Crippen molar-refractivity contribution in [2.75, 3.05) is 4.90 Å². The summed E-state index contributed by atoms with van der Waals surface area (Å²) < 4.78 is 18.5. The van der Waals surface area contributed by atoms with Crippen molar-refractivity contribution in [3.05, 3.63) is 72.0 Å². The molecule has 2 amide bonds. The van der Waals surface area contributed by atoms with Gasteiger partial charge >= 0.3 is 0 Å². The molecule has 1 saturated heterocycles. The highest BCUT2D eigenvalue weighted by atomic mass is 32.1. The number of amides is 2. The Hall–Kier alpha value is -3.06. The first kappa shape index (κ1) is 15.8. The van der Waals surface area contributed by atoms with Crippen molar-refractivity contribution in [1.82, 2.24) is 5.32 Å². The maximum Gasteiger partial charge on any atom is 0.270 e. The molecule has 0 spiro atoms. The molecule has 7 heteroatoms. The third-order valence-electron chi connectivity index (χ3n) is 3.23. The van der Waals surface area contributed by atoms with Crippen LogP contribution < -0.4 is 10.2 Å². The van der Waals surface area contributed by atoms with Gasteiger partial charge in [0, 0.05) is 0 Å². The maximum absolute atomic E-state index is 13.4. The van der Waals surface area contributed by atoms with Gasteiger partial charge in [0.1, 0.15) is 17.2 Å². The summed E-state index contributed by atoms with van der Waals surface area (Å²) in [4.78, 5) is 25.7. The summed E-state index contributed by atoms with van der Waals surface area (Å²) in [5.74, 6) is -1.17. The smallest absolute Gasteiger partial charge is 0.270 e. The molecule has 1 aromatic carbocycles. The van der Waals surface area contributed by atoms with E-state index in [1.807, 2.05) is 0 Å². The lowest BCUT2D eigenvalue weighted by Crippen LogP contribution is -2.54. The van der Waals surface area contributed by atoms with Gasteiger partial charge in [0.25, 0.3) is 11.8 Å². The second-order valence-corrected chi connectivity index (χ2v) is 5.22. The van der Waals surface area contributed by atoms with Crippen LogP contribution in [0.4, 0.5) is 10.1 Å². The van der Waals surface area contributed by atoms with E-state index < -0.39 is 17.6 Å². The number of nitrogens with one attached hydrogen (secondary N) is 1. The Morgan fingerprint density at radius 1 is 1.21 bits per heavy atom. The molecular weight excluding hydrogens is 331 g/mol. The van der Waals surface area contributed by atoms with Gasteiger partial charge in [-0.1, -0.05) is 12.1 Å². The Labute approximate surface area is 142 Å². The molecule has 0 saturated carbocycles. The van der Waals surface area contributed by atoms with Gasteiger partial charge in [0.15, 0.2) is 5.11 Å². The summed E-state index contributed by atoms with van der Waals surface area (Å²) in [5, 5.41) is 2.33. The summed E-state index contributed by atoms with van der Waals surface area (Å²) in [7, 11) is 0. The lowest BCUT2D eigenvalue weighted by molar-refractivity contribution is -0.122. The number of furan rings is 1. The first-order valence-electron chi connectivity index (χ1n) is 6.93. The Morgan fingerprint density at radius 2 is 2.04 bits per heavy atom.